The molecule has 0 bridgehead atoms. The Kier molecular flexibility index (Phi) is 4.05. The van der Waals surface area contributed by atoms with Crippen LogP contribution in [0.5, 0.6) is 0 Å². The molecule has 0 aromatic heterocycles. The Morgan fingerprint density at radius 2 is 2.00 bits per heavy atom. The number of hydrogen-bond donors (Lipinski definition) is 1. The van der Waals surface area contributed by atoms with Gasteiger partial charge in [-0.25, -0.2) is 8.78 Å². The zero-order valence-electron chi connectivity index (χ0n) is 9.01. The third kappa shape index (κ3) is 3.14. The van der Waals surface area contributed by atoms with Crippen LogP contribution in [0.25, 0.3) is 0 Å². The predicted molar refractivity (Wildman–Crippen MR) is 52.9 cm³/mol. The van der Waals surface area contributed by atoms with E-state index in [2.05, 4.69) is 0 Å². The van der Waals surface area contributed by atoms with Crippen molar-refractivity contribution in [3.05, 3.63) is 0 Å². The van der Waals surface area contributed by atoms with Gasteiger partial charge in [-0.2, -0.15) is 0 Å². The van der Waals surface area contributed by atoms with E-state index in [0.29, 0.717) is 12.8 Å². The van der Waals surface area contributed by atoms with Gasteiger partial charge in [0.1, 0.15) is 0 Å². The maximum absolute atomic E-state index is 13.8. The fourth-order valence-electron chi connectivity index (χ4n) is 2.25. The Hall–Kier alpha value is -0.670. The summed E-state index contributed by atoms with van der Waals surface area (Å²) in [5.74, 6) is -5.03. The average molecular weight is 220 g/mol. The summed E-state index contributed by atoms with van der Waals surface area (Å²) in [5.41, 5.74) is 0. The lowest BCUT2D eigenvalue weighted by molar-refractivity contribution is -0.139. The number of carboxylic acids is 1. The minimum Gasteiger partial charge on any atom is -0.481 e. The highest BCUT2D eigenvalue weighted by atomic mass is 19.3. The molecule has 0 radical (unpaired) electrons. The summed E-state index contributed by atoms with van der Waals surface area (Å²) in [6, 6.07) is 0. The minimum absolute atomic E-state index is 0.0683. The van der Waals surface area contributed by atoms with Gasteiger partial charge in [-0.05, 0) is 19.3 Å². The molecule has 0 heterocycles. The molecular formula is C11H18F2O2. The van der Waals surface area contributed by atoms with Crippen molar-refractivity contribution in [2.24, 2.45) is 11.8 Å². The molecule has 1 saturated carbocycles. The molecule has 1 unspecified atom stereocenters. The molecule has 1 fully saturated rings. The Morgan fingerprint density at radius 3 is 2.47 bits per heavy atom. The molecule has 4 heteroatoms. The zero-order valence-corrected chi connectivity index (χ0v) is 9.01. The first-order chi connectivity index (χ1) is 6.94. The molecule has 0 saturated heterocycles. The number of carboxylic acid groups (broad SMARTS) is 1. The van der Waals surface area contributed by atoms with E-state index in [1.54, 1.807) is 0 Å². The lowest BCUT2D eigenvalue weighted by atomic mass is 9.87. The van der Waals surface area contributed by atoms with E-state index in [1.165, 1.54) is 6.92 Å². The largest absolute Gasteiger partial charge is 0.481 e. The Bertz CT molecular complexity index is 223. The second-order valence-electron chi connectivity index (χ2n) is 4.49. The summed E-state index contributed by atoms with van der Waals surface area (Å²) in [6.45, 7) is 1.46. The number of hydrogen-bond acceptors (Lipinski definition) is 1. The van der Waals surface area contributed by atoms with Gasteiger partial charge in [0.2, 0.25) is 0 Å². The number of alkyl halides is 2. The van der Waals surface area contributed by atoms with Gasteiger partial charge in [-0.3, -0.25) is 4.79 Å². The topological polar surface area (TPSA) is 37.3 Å². The van der Waals surface area contributed by atoms with Crippen LogP contribution in [-0.4, -0.2) is 17.0 Å². The van der Waals surface area contributed by atoms with E-state index in [-0.39, 0.29) is 12.8 Å². The quantitative estimate of drug-likeness (QED) is 0.771. The van der Waals surface area contributed by atoms with Crippen molar-refractivity contribution in [1.82, 2.24) is 0 Å². The molecule has 0 amide bonds. The highest BCUT2D eigenvalue weighted by Gasteiger charge is 2.45. The maximum Gasteiger partial charge on any atom is 0.303 e. The summed E-state index contributed by atoms with van der Waals surface area (Å²) in [4.78, 5) is 10.3. The van der Waals surface area contributed by atoms with Gasteiger partial charge in [0.05, 0.1) is 0 Å². The van der Waals surface area contributed by atoms with Crippen molar-refractivity contribution >= 4 is 5.97 Å². The van der Waals surface area contributed by atoms with Crippen LogP contribution < -0.4 is 0 Å². The SMILES string of the molecule is CC(CCC(=O)O)C(F)(F)C1CCCC1. The third-order valence-electron chi connectivity index (χ3n) is 3.35. The summed E-state index contributed by atoms with van der Waals surface area (Å²) in [6.07, 6.45) is 2.84. The first-order valence-corrected chi connectivity index (χ1v) is 5.54. The fourth-order valence-corrected chi connectivity index (χ4v) is 2.25. The van der Waals surface area contributed by atoms with E-state index in [0.717, 1.165) is 12.8 Å². The van der Waals surface area contributed by atoms with Crippen LogP contribution in [0.2, 0.25) is 0 Å². The molecule has 1 rings (SSSR count). The molecular weight excluding hydrogens is 202 g/mol. The number of carbonyl (C=O) groups is 1. The van der Waals surface area contributed by atoms with Crippen LogP contribution in [-0.2, 0) is 4.79 Å². The van der Waals surface area contributed by atoms with Crippen molar-refractivity contribution in [3.63, 3.8) is 0 Å². The smallest absolute Gasteiger partial charge is 0.303 e. The maximum atomic E-state index is 13.8. The molecule has 1 atom stereocenters. The van der Waals surface area contributed by atoms with Crippen LogP contribution >= 0.6 is 0 Å². The van der Waals surface area contributed by atoms with Crippen molar-refractivity contribution in [2.45, 2.75) is 51.4 Å². The van der Waals surface area contributed by atoms with Gasteiger partial charge in [-0.15, -0.1) is 0 Å². The van der Waals surface area contributed by atoms with Gasteiger partial charge >= 0.3 is 5.97 Å². The summed E-state index contributed by atoms with van der Waals surface area (Å²) in [5, 5.41) is 8.45. The molecule has 1 aliphatic carbocycles. The number of halogens is 2. The van der Waals surface area contributed by atoms with Gasteiger partial charge in [0, 0.05) is 18.3 Å². The van der Waals surface area contributed by atoms with Crippen molar-refractivity contribution < 1.29 is 18.7 Å². The average Bonchev–Trinajstić information content (AvgIpc) is 2.66. The van der Waals surface area contributed by atoms with E-state index in [4.69, 9.17) is 5.11 Å². The summed E-state index contributed by atoms with van der Waals surface area (Å²) in [7, 11) is 0. The first-order valence-electron chi connectivity index (χ1n) is 5.54. The lowest BCUT2D eigenvalue weighted by Crippen LogP contribution is -2.34. The third-order valence-corrected chi connectivity index (χ3v) is 3.35. The molecule has 0 aliphatic heterocycles. The highest BCUT2D eigenvalue weighted by molar-refractivity contribution is 5.66. The highest BCUT2D eigenvalue weighted by Crippen LogP contribution is 2.43. The second kappa shape index (κ2) is 4.90. The predicted octanol–water partition coefficient (Wildman–Crippen LogP) is 3.31. The first kappa shape index (κ1) is 12.4. The van der Waals surface area contributed by atoms with E-state index in [1.807, 2.05) is 0 Å². The fraction of sp³-hybridized carbons (Fsp3) is 0.909. The molecule has 2 nitrogen and oxygen atoms in total. The molecule has 1 aliphatic rings. The van der Waals surface area contributed by atoms with E-state index in [9.17, 15) is 13.6 Å². The monoisotopic (exact) mass is 220 g/mol. The van der Waals surface area contributed by atoms with Crippen molar-refractivity contribution in [3.8, 4) is 0 Å². The molecule has 88 valence electrons. The Labute approximate surface area is 88.7 Å². The molecule has 0 spiro atoms. The van der Waals surface area contributed by atoms with Gasteiger partial charge in [0.15, 0.2) is 0 Å². The van der Waals surface area contributed by atoms with Crippen molar-refractivity contribution in [2.75, 3.05) is 0 Å². The second-order valence-corrected chi connectivity index (χ2v) is 4.49. The minimum atomic E-state index is -2.69. The lowest BCUT2D eigenvalue weighted by Gasteiger charge is -2.28. The Balaban J connectivity index is 2.47. The molecule has 15 heavy (non-hydrogen) atoms. The molecule has 0 aromatic rings. The number of rotatable bonds is 5. The van der Waals surface area contributed by atoms with Crippen LogP contribution in [0.3, 0.4) is 0 Å². The summed E-state index contributed by atoms with van der Waals surface area (Å²) < 4.78 is 27.6. The van der Waals surface area contributed by atoms with Gasteiger partial charge in [0.25, 0.3) is 5.92 Å². The van der Waals surface area contributed by atoms with Gasteiger partial charge < -0.3 is 5.11 Å². The van der Waals surface area contributed by atoms with E-state index >= 15 is 0 Å². The standard InChI is InChI=1S/C11H18F2O2/c1-8(6-7-10(14)15)11(12,13)9-4-2-3-5-9/h8-9H,2-7H2,1H3,(H,14,15). The normalized spacial score (nSPS) is 20.5. The zero-order chi connectivity index (χ0) is 11.5. The van der Waals surface area contributed by atoms with Crippen LogP contribution in [0.1, 0.15) is 45.4 Å². The van der Waals surface area contributed by atoms with Crippen LogP contribution in [0.15, 0.2) is 0 Å². The molecule has 1 N–H and O–H groups in total. The molecule has 0 aromatic carbocycles. The van der Waals surface area contributed by atoms with Crippen LogP contribution in [0.4, 0.5) is 8.78 Å². The van der Waals surface area contributed by atoms with E-state index < -0.39 is 23.7 Å². The van der Waals surface area contributed by atoms with Crippen molar-refractivity contribution in [1.29, 1.82) is 0 Å². The van der Waals surface area contributed by atoms with Gasteiger partial charge in [-0.1, -0.05) is 19.8 Å². The number of aliphatic carboxylic acids is 1. The Morgan fingerprint density at radius 1 is 1.47 bits per heavy atom. The summed E-state index contributed by atoms with van der Waals surface area (Å²) >= 11 is 0. The van der Waals surface area contributed by atoms with Crippen LogP contribution in [0, 0.1) is 11.8 Å².